The van der Waals surface area contributed by atoms with Crippen LogP contribution < -0.4 is 10.1 Å². The summed E-state index contributed by atoms with van der Waals surface area (Å²) in [5, 5.41) is 3.15. The fraction of sp³-hybridized carbons (Fsp3) is 0.385. The smallest absolute Gasteiger partial charge is 0.121 e. The normalized spacial score (nSPS) is 10.3. The third-order valence-corrected chi connectivity index (χ3v) is 2.93. The van der Waals surface area contributed by atoms with Crippen molar-refractivity contribution in [3.8, 4) is 5.75 Å². The van der Waals surface area contributed by atoms with Crippen molar-refractivity contribution >= 4 is 23.2 Å². The Bertz CT molecular complexity index is 372. The molecule has 0 aliphatic rings. The number of hydrogen-bond donors (Lipinski definition) is 1. The molecular weight excluding hydrogens is 273 g/mol. The molecule has 0 aliphatic heterocycles. The van der Waals surface area contributed by atoms with Gasteiger partial charge in [-0.3, -0.25) is 0 Å². The minimum atomic E-state index is 0.495. The molecule has 1 rings (SSSR count). The molecule has 0 radical (unpaired) electrons. The van der Waals surface area contributed by atoms with Crippen molar-refractivity contribution < 1.29 is 14.8 Å². The van der Waals surface area contributed by atoms with Crippen LogP contribution >= 0.6 is 23.2 Å². The van der Waals surface area contributed by atoms with Crippen LogP contribution in [0.2, 0.25) is 10.0 Å². The van der Waals surface area contributed by atoms with E-state index in [1.165, 1.54) is 0 Å². The lowest BCUT2D eigenvalue weighted by molar-refractivity contribution is -0.647. The molecule has 0 heterocycles. The van der Waals surface area contributed by atoms with Gasteiger partial charge in [0.1, 0.15) is 12.4 Å². The van der Waals surface area contributed by atoms with Crippen LogP contribution in [0.5, 0.6) is 5.75 Å². The van der Waals surface area contributed by atoms with Gasteiger partial charge in [-0.25, -0.2) is 0 Å². The molecular formula is C13H18Cl2NO2+. The van der Waals surface area contributed by atoms with E-state index in [2.05, 4.69) is 11.9 Å². The van der Waals surface area contributed by atoms with Crippen molar-refractivity contribution in [3.63, 3.8) is 0 Å². The zero-order valence-corrected chi connectivity index (χ0v) is 11.7. The second-order valence-corrected chi connectivity index (χ2v) is 4.45. The van der Waals surface area contributed by atoms with E-state index < -0.39 is 0 Å². The maximum Gasteiger partial charge on any atom is 0.121 e. The Morgan fingerprint density at radius 1 is 1.17 bits per heavy atom. The van der Waals surface area contributed by atoms with E-state index >= 15 is 0 Å². The maximum atomic E-state index is 5.87. The zero-order valence-electron chi connectivity index (χ0n) is 10.2. The standard InChI is InChI=1S/C13H17Cl2NO2/c1-2-5-16-6-7-17-8-9-18-11-3-4-12(14)13(15)10-11/h2-4,10,16H,1,5-9H2/p+1. The van der Waals surface area contributed by atoms with E-state index in [4.69, 9.17) is 32.7 Å². The molecule has 0 bridgehead atoms. The first kappa shape index (κ1) is 15.3. The SMILES string of the molecule is C=CC[NH2+]CCOCCOc1ccc(Cl)c(Cl)c1. The number of nitrogens with two attached hydrogens (primary N) is 1. The minimum Gasteiger partial charge on any atom is -0.491 e. The summed E-state index contributed by atoms with van der Waals surface area (Å²) in [5.74, 6) is 0.700. The fourth-order valence-corrected chi connectivity index (χ4v) is 1.58. The molecule has 100 valence electrons. The van der Waals surface area contributed by atoms with Crippen molar-refractivity contribution in [2.75, 3.05) is 32.9 Å². The third-order valence-electron chi connectivity index (χ3n) is 2.19. The summed E-state index contributed by atoms with van der Waals surface area (Å²) in [6.45, 7) is 7.26. The van der Waals surface area contributed by atoms with Gasteiger partial charge in [0.15, 0.2) is 0 Å². The molecule has 18 heavy (non-hydrogen) atoms. The summed E-state index contributed by atoms with van der Waals surface area (Å²) >= 11 is 11.7. The van der Waals surface area contributed by atoms with Crippen molar-refractivity contribution in [1.29, 1.82) is 0 Å². The average molecular weight is 291 g/mol. The van der Waals surface area contributed by atoms with Crippen LogP contribution in [0, 0.1) is 0 Å². The van der Waals surface area contributed by atoms with E-state index in [0.717, 1.165) is 13.1 Å². The highest BCUT2D eigenvalue weighted by molar-refractivity contribution is 6.42. The van der Waals surface area contributed by atoms with Gasteiger partial charge in [0.2, 0.25) is 0 Å². The summed E-state index contributed by atoms with van der Waals surface area (Å²) in [6, 6.07) is 5.19. The molecule has 0 saturated heterocycles. The number of rotatable bonds is 9. The Labute approximate surface area is 118 Å². The van der Waals surface area contributed by atoms with Crippen LogP contribution in [0.1, 0.15) is 0 Å². The quantitative estimate of drug-likeness (QED) is 0.559. The molecule has 5 heteroatoms. The van der Waals surface area contributed by atoms with Gasteiger partial charge in [-0.2, -0.15) is 0 Å². The van der Waals surface area contributed by atoms with E-state index in [1.807, 2.05) is 6.08 Å². The third kappa shape index (κ3) is 6.26. The number of benzene rings is 1. The summed E-state index contributed by atoms with van der Waals surface area (Å²) in [5.41, 5.74) is 0. The number of ether oxygens (including phenoxy) is 2. The van der Waals surface area contributed by atoms with Gasteiger partial charge < -0.3 is 14.8 Å². The van der Waals surface area contributed by atoms with Crippen molar-refractivity contribution in [1.82, 2.24) is 0 Å². The summed E-state index contributed by atoms with van der Waals surface area (Å²) in [6.07, 6.45) is 1.87. The highest BCUT2D eigenvalue weighted by Crippen LogP contribution is 2.26. The van der Waals surface area contributed by atoms with Gasteiger partial charge in [0, 0.05) is 6.07 Å². The molecule has 0 atom stereocenters. The zero-order chi connectivity index (χ0) is 13.2. The van der Waals surface area contributed by atoms with Gasteiger partial charge in [0.05, 0.1) is 36.3 Å². The predicted octanol–water partition coefficient (Wildman–Crippen LogP) is 2.14. The highest BCUT2D eigenvalue weighted by atomic mass is 35.5. The van der Waals surface area contributed by atoms with E-state index in [1.54, 1.807) is 18.2 Å². The summed E-state index contributed by atoms with van der Waals surface area (Å²) < 4.78 is 10.9. The van der Waals surface area contributed by atoms with Gasteiger partial charge in [-0.05, 0) is 18.2 Å². The first-order valence-electron chi connectivity index (χ1n) is 5.82. The lowest BCUT2D eigenvalue weighted by atomic mass is 10.3. The largest absolute Gasteiger partial charge is 0.491 e. The molecule has 0 amide bonds. The van der Waals surface area contributed by atoms with Gasteiger partial charge in [-0.1, -0.05) is 29.8 Å². The molecule has 1 aromatic carbocycles. The van der Waals surface area contributed by atoms with E-state index in [9.17, 15) is 0 Å². The lowest BCUT2D eigenvalue weighted by Gasteiger charge is -2.07. The average Bonchev–Trinajstić information content (AvgIpc) is 2.37. The molecule has 0 fully saturated rings. The Hall–Kier alpha value is -0.740. The second-order valence-electron chi connectivity index (χ2n) is 3.64. The lowest BCUT2D eigenvalue weighted by Crippen LogP contribution is -2.84. The van der Waals surface area contributed by atoms with Crippen LogP contribution in [0.3, 0.4) is 0 Å². The van der Waals surface area contributed by atoms with E-state index in [-0.39, 0.29) is 0 Å². The molecule has 2 N–H and O–H groups in total. The molecule has 1 aromatic rings. The van der Waals surface area contributed by atoms with Crippen LogP contribution in [-0.4, -0.2) is 32.9 Å². The topological polar surface area (TPSA) is 35.1 Å². The fourth-order valence-electron chi connectivity index (χ4n) is 1.29. The highest BCUT2D eigenvalue weighted by Gasteiger charge is 2.00. The summed E-state index contributed by atoms with van der Waals surface area (Å²) in [7, 11) is 0. The van der Waals surface area contributed by atoms with Crippen LogP contribution in [0.4, 0.5) is 0 Å². The Morgan fingerprint density at radius 2 is 2.00 bits per heavy atom. The number of quaternary nitrogens is 1. The monoisotopic (exact) mass is 290 g/mol. The van der Waals surface area contributed by atoms with Crippen LogP contribution in [0.25, 0.3) is 0 Å². The van der Waals surface area contributed by atoms with Gasteiger partial charge in [0.25, 0.3) is 0 Å². The number of halogens is 2. The molecule has 0 unspecified atom stereocenters. The van der Waals surface area contributed by atoms with Gasteiger partial charge >= 0.3 is 0 Å². The van der Waals surface area contributed by atoms with E-state index in [0.29, 0.717) is 35.6 Å². The van der Waals surface area contributed by atoms with Crippen molar-refractivity contribution in [3.05, 3.63) is 40.9 Å². The number of hydrogen-bond acceptors (Lipinski definition) is 2. The van der Waals surface area contributed by atoms with Crippen LogP contribution in [0.15, 0.2) is 30.9 Å². The Morgan fingerprint density at radius 3 is 2.72 bits per heavy atom. The molecule has 0 aromatic heterocycles. The van der Waals surface area contributed by atoms with Crippen molar-refractivity contribution in [2.45, 2.75) is 0 Å². The summed E-state index contributed by atoms with van der Waals surface area (Å²) in [4.78, 5) is 0. The Balaban J connectivity index is 2.07. The molecule has 0 spiro atoms. The first-order chi connectivity index (χ1) is 8.74. The first-order valence-corrected chi connectivity index (χ1v) is 6.58. The molecule has 0 aliphatic carbocycles. The van der Waals surface area contributed by atoms with Crippen LogP contribution in [-0.2, 0) is 4.74 Å². The molecule has 0 saturated carbocycles. The van der Waals surface area contributed by atoms with Crippen molar-refractivity contribution in [2.24, 2.45) is 0 Å². The maximum absolute atomic E-state index is 5.87. The van der Waals surface area contributed by atoms with Gasteiger partial charge in [-0.15, -0.1) is 0 Å². The Kier molecular flexibility index (Phi) is 7.85. The minimum absolute atomic E-state index is 0.495. The predicted molar refractivity (Wildman–Crippen MR) is 74.6 cm³/mol. The second kappa shape index (κ2) is 9.22. The molecule has 3 nitrogen and oxygen atoms in total.